The van der Waals surface area contributed by atoms with Crippen molar-refractivity contribution in [2.75, 3.05) is 25.1 Å². The fourth-order valence-electron chi connectivity index (χ4n) is 3.46. The summed E-state index contributed by atoms with van der Waals surface area (Å²) in [5.74, 6) is 0.401. The number of anilines is 1. The summed E-state index contributed by atoms with van der Waals surface area (Å²) in [6.45, 7) is 0.832. The smallest absolute Gasteiger partial charge is 0.327 e. The number of ether oxygens (including phenoxy) is 1. The molecule has 0 atom stereocenters. The van der Waals surface area contributed by atoms with Crippen molar-refractivity contribution in [2.24, 2.45) is 5.92 Å². The summed E-state index contributed by atoms with van der Waals surface area (Å²) in [5.41, 5.74) is 0.471. The molecule has 0 saturated carbocycles. The van der Waals surface area contributed by atoms with Crippen LogP contribution in [-0.2, 0) is 11.3 Å². The predicted octanol–water partition coefficient (Wildman–Crippen LogP) is 2.17. The Morgan fingerprint density at radius 3 is 2.77 bits per heavy atom. The second-order valence-corrected chi connectivity index (χ2v) is 7.47. The Morgan fingerprint density at radius 2 is 2.06 bits per heavy atom. The molecule has 2 aromatic heterocycles. The number of carbonyl (C=O) groups is 2. The Labute approximate surface area is 181 Å². The minimum atomic E-state index is -1.07. The number of carboxylic acid groups (broad SMARTS) is 1. The van der Waals surface area contributed by atoms with Crippen LogP contribution in [0.15, 0.2) is 28.8 Å². The van der Waals surface area contributed by atoms with Crippen molar-refractivity contribution < 1.29 is 24.0 Å². The number of methoxy groups -OCH3 is 1. The van der Waals surface area contributed by atoms with E-state index >= 15 is 0 Å². The van der Waals surface area contributed by atoms with Crippen LogP contribution in [0.25, 0.3) is 11.6 Å². The van der Waals surface area contributed by atoms with E-state index in [-0.39, 0.29) is 23.3 Å². The summed E-state index contributed by atoms with van der Waals surface area (Å²) < 4.78 is 10.5. The first-order valence-electron chi connectivity index (χ1n) is 9.54. The van der Waals surface area contributed by atoms with Gasteiger partial charge in [0.1, 0.15) is 5.75 Å². The van der Waals surface area contributed by atoms with Crippen molar-refractivity contribution in [3.05, 3.63) is 34.9 Å². The molecule has 12 heteroatoms. The molecule has 0 radical (unpaired) electrons. The maximum atomic E-state index is 12.9. The Balaban J connectivity index is 1.40. The summed E-state index contributed by atoms with van der Waals surface area (Å²) in [4.78, 5) is 26.6. The van der Waals surface area contributed by atoms with Crippen molar-refractivity contribution in [2.45, 2.75) is 19.4 Å². The first kappa shape index (κ1) is 20.8. The van der Waals surface area contributed by atoms with Gasteiger partial charge in [-0.05, 0) is 36.3 Å². The van der Waals surface area contributed by atoms with E-state index in [0.29, 0.717) is 48.1 Å². The lowest BCUT2D eigenvalue weighted by Gasteiger charge is -2.31. The van der Waals surface area contributed by atoms with Crippen molar-refractivity contribution in [1.82, 2.24) is 25.4 Å². The van der Waals surface area contributed by atoms with Gasteiger partial charge in [-0.2, -0.15) is 4.80 Å². The van der Waals surface area contributed by atoms with Crippen LogP contribution in [0.2, 0.25) is 5.02 Å². The number of ketones is 1. The number of nitrogens with zero attached hydrogens (tertiary/aromatic N) is 6. The summed E-state index contributed by atoms with van der Waals surface area (Å²) >= 11 is 6.22. The number of carbonyl (C=O) groups excluding carboxylic acids is 1. The molecule has 0 aliphatic carbocycles. The fourth-order valence-corrected chi connectivity index (χ4v) is 3.67. The molecule has 3 aromatic rings. The van der Waals surface area contributed by atoms with Crippen molar-refractivity contribution in [1.29, 1.82) is 0 Å². The maximum absolute atomic E-state index is 12.9. The second kappa shape index (κ2) is 8.72. The van der Waals surface area contributed by atoms with Gasteiger partial charge in [0, 0.05) is 30.6 Å². The molecule has 1 aliphatic heterocycles. The number of hydrogen-bond donors (Lipinski definition) is 1. The Bertz CT molecular complexity index is 1100. The van der Waals surface area contributed by atoms with E-state index in [4.69, 9.17) is 26.0 Å². The van der Waals surface area contributed by atoms with E-state index in [2.05, 4.69) is 20.6 Å². The first-order valence-corrected chi connectivity index (χ1v) is 9.92. The van der Waals surface area contributed by atoms with Gasteiger partial charge in [0.25, 0.3) is 0 Å². The van der Waals surface area contributed by atoms with Crippen molar-refractivity contribution in [3.8, 4) is 17.3 Å². The lowest BCUT2D eigenvalue weighted by molar-refractivity contribution is -0.138. The second-order valence-electron chi connectivity index (χ2n) is 7.06. The molecular weight excluding hydrogens is 428 g/mol. The molecule has 4 rings (SSSR count). The van der Waals surface area contributed by atoms with Crippen LogP contribution in [0.3, 0.4) is 0 Å². The molecule has 1 fully saturated rings. The fraction of sp³-hybridized carbons (Fsp3) is 0.368. The number of piperidine rings is 1. The largest absolute Gasteiger partial charge is 0.497 e. The molecular formula is C19H19ClN6O5. The molecule has 0 spiro atoms. The zero-order valence-corrected chi connectivity index (χ0v) is 17.3. The van der Waals surface area contributed by atoms with Crippen molar-refractivity contribution >= 4 is 29.2 Å². The predicted molar refractivity (Wildman–Crippen MR) is 108 cm³/mol. The molecule has 0 amide bonds. The molecule has 1 N–H and O–H groups in total. The van der Waals surface area contributed by atoms with Crippen LogP contribution in [-0.4, -0.2) is 62.4 Å². The minimum absolute atomic E-state index is 0.00337. The Hall–Kier alpha value is -3.47. The van der Waals surface area contributed by atoms with Gasteiger partial charge < -0.3 is 19.3 Å². The van der Waals surface area contributed by atoms with Crippen LogP contribution in [0, 0.1) is 5.92 Å². The zero-order valence-electron chi connectivity index (χ0n) is 16.6. The number of benzene rings is 1. The summed E-state index contributed by atoms with van der Waals surface area (Å²) in [5, 5.41) is 24.7. The number of Topliss-reactive ketones (excluding diaryl/α,β-unsaturated/α-hetero) is 1. The molecule has 0 bridgehead atoms. The third-order valence-electron chi connectivity index (χ3n) is 5.08. The molecule has 3 heterocycles. The number of hydrogen-bond acceptors (Lipinski definition) is 9. The average molecular weight is 447 g/mol. The van der Waals surface area contributed by atoms with E-state index in [9.17, 15) is 9.59 Å². The standard InChI is InChI=1S/C19H19ClN6O5/c1-30-12-2-3-14(20)13(8-12)18(29)11-4-6-25(7-5-11)16-9-15(31-23-16)19-21-24-26(22-19)10-17(27)28/h2-3,8-9,11H,4-7,10H2,1H3,(H,27,28). The highest BCUT2D eigenvalue weighted by Crippen LogP contribution is 2.30. The molecule has 1 aliphatic rings. The average Bonchev–Trinajstić information content (AvgIpc) is 3.43. The highest BCUT2D eigenvalue weighted by atomic mass is 35.5. The van der Waals surface area contributed by atoms with Gasteiger partial charge in [0.2, 0.25) is 11.6 Å². The van der Waals surface area contributed by atoms with Gasteiger partial charge >= 0.3 is 5.97 Å². The number of tetrazole rings is 1. The van der Waals surface area contributed by atoms with E-state index in [1.807, 2.05) is 4.90 Å². The van der Waals surface area contributed by atoms with Crippen LogP contribution < -0.4 is 9.64 Å². The Morgan fingerprint density at radius 1 is 1.29 bits per heavy atom. The van der Waals surface area contributed by atoms with Crippen LogP contribution >= 0.6 is 11.6 Å². The lowest BCUT2D eigenvalue weighted by Crippen LogP contribution is -2.36. The van der Waals surface area contributed by atoms with Crippen LogP contribution in [0.5, 0.6) is 5.75 Å². The SMILES string of the molecule is COc1ccc(Cl)c(C(=O)C2CCN(c3cc(-c4nnn(CC(=O)O)n4)on3)CC2)c1. The molecule has 0 unspecified atom stereocenters. The third kappa shape index (κ3) is 4.50. The molecule has 11 nitrogen and oxygen atoms in total. The topological polar surface area (TPSA) is 136 Å². The normalized spacial score (nSPS) is 14.6. The molecule has 162 valence electrons. The van der Waals surface area contributed by atoms with E-state index in [1.54, 1.807) is 31.4 Å². The van der Waals surface area contributed by atoms with Gasteiger partial charge in [-0.15, -0.1) is 10.2 Å². The molecule has 1 saturated heterocycles. The van der Waals surface area contributed by atoms with Gasteiger partial charge in [0.15, 0.2) is 18.1 Å². The summed E-state index contributed by atoms with van der Waals surface area (Å²) in [6, 6.07) is 6.73. The molecule has 31 heavy (non-hydrogen) atoms. The number of halogens is 1. The van der Waals surface area contributed by atoms with Gasteiger partial charge in [-0.25, -0.2) is 0 Å². The van der Waals surface area contributed by atoms with Crippen molar-refractivity contribution in [3.63, 3.8) is 0 Å². The van der Waals surface area contributed by atoms with E-state index < -0.39 is 12.5 Å². The van der Waals surface area contributed by atoms with Crippen LogP contribution in [0.1, 0.15) is 23.2 Å². The zero-order chi connectivity index (χ0) is 22.0. The minimum Gasteiger partial charge on any atom is -0.497 e. The number of aliphatic carboxylic acids is 1. The first-order chi connectivity index (χ1) is 14.9. The number of rotatable bonds is 7. The quantitative estimate of drug-likeness (QED) is 0.537. The number of carboxylic acids is 1. The lowest BCUT2D eigenvalue weighted by atomic mass is 9.88. The molecule has 1 aromatic carbocycles. The Kier molecular flexibility index (Phi) is 5.85. The number of aromatic nitrogens is 5. The van der Waals surface area contributed by atoms with Crippen LogP contribution in [0.4, 0.5) is 5.82 Å². The van der Waals surface area contributed by atoms with Gasteiger partial charge in [-0.1, -0.05) is 16.8 Å². The third-order valence-corrected chi connectivity index (χ3v) is 5.41. The summed E-state index contributed by atoms with van der Waals surface area (Å²) in [7, 11) is 1.55. The van der Waals surface area contributed by atoms with E-state index in [1.165, 1.54) is 0 Å². The van der Waals surface area contributed by atoms with Gasteiger partial charge in [0.05, 0.1) is 12.1 Å². The van der Waals surface area contributed by atoms with Gasteiger partial charge in [-0.3, -0.25) is 9.59 Å². The monoisotopic (exact) mass is 446 g/mol. The summed E-state index contributed by atoms with van der Waals surface area (Å²) in [6.07, 6.45) is 1.28. The van der Waals surface area contributed by atoms with E-state index in [0.717, 1.165) is 4.80 Å². The highest BCUT2D eigenvalue weighted by molar-refractivity contribution is 6.34. The maximum Gasteiger partial charge on any atom is 0.327 e. The highest BCUT2D eigenvalue weighted by Gasteiger charge is 2.29.